The minimum Gasteiger partial charge on any atom is -0.300 e. The lowest BCUT2D eigenvalue weighted by Gasteiger charge is -2.38. The third-order valence-corrected chi connectivity index (χ3v) is 3.69. The molecule has 0 aromatic carbocycles. The average Bonchev–Trinajstić information content (AvgIpc) is 2.77. The van der Waals surface area contributed by atoms with E-state index >= 15 is 0 Å². The van der Waals surface area contributed by atoms with Gasteiger partial charge in [0.25, 0.3) is 0 Å². The fourth-order valence-corrected chi connectivity index (χ4v) is 2.57. The number of hydrogen-bond acceptors (Lipinski definition) is 1. The highest BCUT2D eigenvalue weighted by Crippen LogP contribution is 2.51. The summed E-state index contributed by atoms with van der Waals surface area (Å²) in [5, 5.41) is 0. The Balaban J connectivity index is 2.09. The van der Waals surface area contributed by atoms with Gasteiger partial charge in [-0.05, 0) is 36.5 Å². The molecule has 2 aliphatic rings. The van der Waals surface area contributed by atoms with Gasteiger partial charge in [0.1, 0.15) is 5.78 Å². The largest absolute Gasteiger partial charge is 0.300 e. The number of carbonyl (C=O) groups excluding carboxylic acids is 1. The van der Waals surface area contributed by atoms with Crippen LogP contribution >= 0.6 is 0 Å². The third-order valence-electron chi connectivity index (χ3n) is 3.69. The molecule has 68 valence electrons. The maximum absolute atomic E-state index is 11.3. The van der Waals surface area contributed by atoms with Crippen LogP contribution in [0.15, 0.2) is 0 Å². The number of rotatable bonds is 1. The number of hydrogen-bond donors (Lipinski definition) is 0. The average molecular weight is 166 g/mol. The van der Waals surface area contributed by atoms with Crippen molar-refractivity contribution in [2.75, 3.05) is 0 Å². The number of carbonyl (C=O) groups is 1. The second-order valence-electron chi connectivity index (χ2n) is 5.18. The van der Waals surface area contributed by atoms with Crippen molar-refractivity contribution in [3.63, 3.8) is 0 Å². The fourth-order valence-electron chi connectivity index (χ4n) is 2.57. The standard InChI is InChI=1S/C11H18O/c1-11(2)6-5-9(12)7-10(11)8-3-4-8/h8,10H,3-7H2,1-2H3. The number of ketones is 1. The molecule has 12 heavy (non-hydrogen) atoms. The van der Waals surface area contributed by atoms with Crippen LogP contribution in [-0.4, -0.2) is 5.78 Å². The zero-order valence-corrected chi connectivity index (χ0v) is 8.10. The van der Waals surface area contributed by atoms with Crippen molar-refractivity contribution in [2.45, 2.75) is 46.0 Å². The molecule has 0 aliphatic heterocycles. The Labute approximate surface area is 74.5 Å². The molecule has 0 aromatic heterocycles. The lowest BCUT2D eigenvalue weighted by molar-refractivity contribution is -0.124. The maximum Gasteiger partial charge on any atom is 0.133 e. The van der Waals surface area contributed by atoms with Gasteiger partial charge >= 0.3 is 0 Å². The van der Waals surface area contributed by atoms with Gasteiger partial charge in [0.05, 0.1) is 0 Å². The summed E-state index contributed by atoms with van der Waals surface area (Å²) in [5.41, 5.74) is 0.440. The molecule has 0 bridgehead atoms. The van der Waals surface area contributed by atoms with Crippen molar-refractivity contribution >= 4 is 5.78 Å². The lowest BCUT2D eigenvalue weighted by Crippen LogP contribution is -2.33. The van der Waals surface area contributed by atoms with E-state index in [1.165, 1.54) is 12.8 Å². The fraction of sp³-hybridized carbons (Fsp3) is 0.909. The molecule has 0 radical (unpaired) electrons. The van der Waals surface area contributed by atoms with E-state index in [2.05, 4.69) is 13.8 Å². The SMILES string of the molecule is CC1(C)CCC(=O)CC1C1CC1. The smallest absolute Gasteiger partial charge is 0.133 e. The van der Waals surface area contributed by atoms with E-state index in [0.29, 0.717) is 17.1 Å². The molecule has 0 amide bonds. The van der Waals surface area contributed by atoms with Gasteiger partial charge < -0.3 is 0 Å². The Bertz CT molecular complexity index is 201. The van der Waals surface area contributed by atoms with Crippen molar-refractivity contribution in [1.29, 1.82) is 0 Å². The third kappa shape index (κ3) is 1.41. The zero-order valence-electron chi connectivity index (χ0n) is 8.10. The topological polar surface area (TPSA) is 17.1 Å². The lowest BCUT2D eigenvalue weighted by atomic mass is 9.66. The van der Waals surface area contributed by atoms with Crippen LogP contribution < -0.4 is 0 Å². The van der Waals surface area contributed by atoms with Crippen molar-refractivity contribution in [3.05, 3.63) is 0 Å². The van der Waals surface area contributed by atoms with Gasteiger partial charge in [0, 0.05) is 12.8 Å². The summed E-state index contributed by atoms with van der Waals surface area (Å²) < 4.78 is 0. The van der Waals surface area contributed by atoms with Gasteiger partial charge in [-0.15, -0.1) is 0 Å². The summed E-state index contributed by atoms with van der Waals surface area (Å²) in [6.07, 6.45) is 5.57. The van der Waals surface area contributed by atoms with Gasteiger partial charge in [0.15, 0.2) is 0 Å². The summed E-state index contributed by atoms with van der Waals surface area (Å²) in [4.78, 5) is 11.3. The summed E-state index contributed by atoms with van der Waals surface area (Å²) >= 11 is 0. The first-order valence-corrected chi connectivity index (χ1v) is 5.11. The molecule has 2 rings (SSSR count). The number of Topliss-reactive ketones (excluding diaryl/α,β-unsaturated/α-hetero) is 1. The molecule has 1 heteroatoms. The molecule has 0 aromatic rings. The van der Waals surface area contributed by atoms with E-state index in [1.54, 1.807) is 0 Å². The second kappa shape index (κ2) is 2.58. The van der Waals surface area contributed by atoms with Crippen LogP contribution in [0, 0.1) is 17.3 Å². The monoisotopic (exact) mass is 166 g/mol. The molecule has 1 atom stereocenters. The van der Waals surface area contributed by atoms with E-state index < -0.39 is 0 Å². The van der Waals surface area contributed by atoms with Gasteiger partial charge in [-0.25, -0.2) is 0 Å². The van der Waals surface area contributed by atoms with Crippen LogP contribution in [-0.2, 0) is 4.79 Å². The van der Waals surface area contributed by atoms with Crippen molar-refractivity contribution in [3.8, 4) is 0 Å². The highest BCUT2D eigenvalue weighted by Gasteiger charge is 2.44. The molecular weight excluding hydrogens is 148 g/mol. The molecule has 0 heterocycles. The minimum absolute atomic E-state index is 0.440. The molecule has 0 spiro atoms. The summed E-state index contributed by atoms with van der Waals surface area (Å²) in [5.74, 6) is 2.11. The predicted molar refractivity (Wildman–Crippen MR) is 48.9 cm³/mol. The molecule has 0 N–H and O–H groups in total. The molecule has 2 aliphatic carbocycles. The first-order chi connectivity index (χ1) is 5.59. The van der Waals surface area contributed by atoms with Crippen molar-refractivity contribution in [2.24, 2.45) is 17.3 Å². The van der Waals surface area contributed by atoms with Crippen LogP contribution in [0.25, 0.3) is 0 Å². The van der Waals surface area contributed by atoms with Crippen molar-refractivity contribution < 1.29 is 4.79 Å². The Morgan fingerprint density at radius 3 is 2.58 bits per heavy atom. The molecule has 1 unspecified atom stereocenters. The Morgan fingerprint density at radius 2 is 2.00 bits per heavy atom. The highest BCUT2D eigenvalue weighted by atomic mass is 16.1. The Morgan fingerprint density at radius 1 is 1.33 bits per heavy atom. The highest BCUT2D eigenvalue weighted by molar-refractivity contribution is 5.79. The van der Waals surface area contributed by atoms with E-state index in [9.17, 15) is 4.79 Å². The summed E-state index contributed by atoms with van der Waals surface area (Å²) in [7, 11) is 0. The molecular formula is C11H18O. The van der Waals surface area contributed by atoms with E-state index in [4.69, 9.17) is 0 Å². The molecule has 2 fully saturated rings. The normalized spacial score (nSPS) is 35.2. The summed E-state index contributed by atoms with van der Waals surface area (Å²) in [6.45, 7) is 4.67. The predicted octanol–water partition coefficient (Wildman–Crippen LogP) is 2.79. The zero-order chi connectivity index (χ0) is 8.77. The van der Waals surface area contributed by atoms with Crippen LogP contribution in [0.4, 0.5) is 0 Å². The van der Waals surface area contributed by atoms with Gasteiger partial charge in [-0.3, -0.25) is 4.79 Å². The maximum atomic E-state index is 11.3. The van der Waals surface area contributed by atoms with Gasteiger partial charge in [-0.1, -0.05) is 13.8 Å². The van der Waals surface area contributed by atoms with Crippen LogP contribution in [0.1, 0.15) is 46.0 Å². The first-order valence-electron chi connectivity index (χ1n) is 5.11. The quantitative estimate of drug-likeness (QED) is 0.585. The van der Waals surface area contributed by atoms with E-state index in [0.717, 1.165) is 25.2 Å². The molecule has 2 saturated carbocycles. The molecule has 0 saturated heterocycles. The van der Waals surface area contributed by atoms with Crippen LogP contribution in [0.5, 0.6) is 0 Å². The van der Waals surface area contributed by atoms with Crippen LogP contribution in [0.3, 0.4) is 0 Å². The Hall–Kier alpha value is -0.330. The minimum atomic E-state index is 0.440. The van der Waals surface area contributed by atoms with Crippen LogP contribution in [0.2, 0.25) is 0 Å². The summed E-state index contributed by atoms with van der Waals surface area (Å²) in [6, 6.07) is 0. The van der Waals surface area contributed by atoms with E-state index in [1.807, 2.05) is 0 Å². The second-order valence-corrected chi connectivity index (χ2v) is 5.18. The van der Waals surface area contributed by atoms with Gasteiger partial charge in [0.2, 0.25) is 0 Å². The Kier molecular flexibility index (Phi) is 1.78. The van der Waals surface area contributed by atoms with Crippen molar-refractivity contribution in [1.82, 2.24) is 0 Å². The molecule has 1 nitrogen and oxygen atoms in total. The van der Waals surface area contributed by atoms with Gasteiger partial charge in [-0.2, -0.15) is 0 Å². The van der Waals surface area contributed by atoms with E-state index in [-0.39, 0.29) is 0 Å². The first kappa shape index (κ1) is 8.28.